The number of hydrogen-bond donors (Lipinski definition) is 1. The van der Waals surface area contributed by atoms with Gasteiger partial charge in [0.15, 0.2) is 0 Å². The largest absolute Gasteiger partial charge is 0.441 e. The number of anilines is 1. The van der Waals surface area contributed by atoms with E-state index in [1.54, 1.807) is 16.0 Å². The van der Waals surface area contributed by atoms with Gasteiger partial charge in [0.05, 0.1) is 37.2 Å². The Hall–Kier alpha value is -3.29. The summed E-state index contributed by atoms with van der Waals surface area (Å²) in [6.07, 6.45) is 1.31. The number of rotatable bonds is 2. The lowest BCUT2D eigenvalue weighted by atomic mass is 10.1. The second-order valence-corrected chi connectivity index (χ2v) is 7.91. The van der Waals surface area contributed by atoms with Crippen LogP contribution in [0.25, 0.3) is 10.9 Å². The topological polar surface area (TPSA) is 83.5 Å². The van der Waals surface area contributed by atoms with E-state index in [1.807, 2.05) is 48.9 Å². The standard InChI is InChI=1S/C20H21N5O3/c1-20(2)12-24(19(27)28-20)16-10-21-25-8-7-23(11-17(16)25)18(26)15-9-13-5-3-4-6-14(13)22-15/h3-6,9-10,22H,7-8,11-12H2,1-2H3. The molecule has 1 saturated heterocycles. The van der Waals surface area contributed by atoms with Crippen molar-refractivity contribution in [1.29, 1.82) is 0 Å². The zero-order chi connectivity index (χ0) is 19.5. The van der Waals surface area contributed by atoms with Crippen molar-refractivity contribution < 1.29 is 14.3 Å². The first kappa shape index (κ1) is 16.9. The minimum absolute atomic E-state index is 0.0565. The van der Waals surface area contributed by atoms with Crippen molar-refractivity contribution in [3.63, 3.8) is 0 Å². The predicted octanol–water partition coefficient (Wildman–Crippen LogP) is 2.76. The first-order valence-corrected chi connectivity index (χ1v) is 9.33. The summed E-state index contributed by atoms with van der Waals surface area (Å²) in [7, 11) is 0. The van der Waals surface area contributed by atoms with Gasteiger partial charge in [-0.1, -0.05) is 18.2 Å². The molecule has 2 aliphatic heterocycles. The Labute approximate surface area is 161 Å². The molecule has 0 bridgehead atoms. The average molecular weight is 379 g/mol. The number of benzene rings is 1. The van der Waals surface area contributed by atoms with Crippen molar-refractivity contribution in [3.05, 3.63) is 47.9 Å². The van der Waals surface area contributed by atoms with Crippen LogP contribution in [0.3, 0.4) is 0 Å². The number of aromatic amines is 1. The minimum atomic E-state index is -0.541. The van der Waals surface area contributed by atoms with Crippen LogP contribution in [0, 0.1) is 0 Å². The molecule has 3 aromatic rings. The van der Waals surface area contributed by atoms with Gasteiger partial charge in [0.1, 0.15) is 11.3 Å². The Morgan fingerprint density at radius 3 is 2.82 bits per heavy atom. The maximum Gasteiger partial charge on any atom is 0.415 e. The molecule has 0 saturated carbocycles. The Balaban J connectivity index is 1.43. The predicted molar refractivity (Wildman–Crippen MR) is 103 cm³/mol. The first-order chi connectivity index (χ1) is 13.4. The van der Waals surface area contributed by atoms with Gasteiger partial charge in [-0.05, 0) is 26.0 Å². The Bertz CT molecular complexity index is 1060. The number of carbonyl (C=O) groups is 2. The number of nitrogens with zero attached hydrogens (tertiary/aromatic N) is 4. The second kappa shape index (κ2) is 5.85. The van der Waals surface area contributed by atoms with Crippen LogP contribution >= 0.6 is 0 Å². The van der Waals surface area contributed by atoms with Gasteiger partial charge in [-0.2, -0.15) is 5.10 Å². The highest BCUT2D eigenvalue weighted by Crippen LogP contribution is 2.32. The number of H-pyrrole nitrogens is 1. The second-order valence-electron chi connectivity index (χ2n) is 7.91. The maximum absolute atomic E-state index is 13.1. The number of ether oxygens (including phenoxy) is 1. The van der Waals surface area contributed by atoms with E-state index >= 15 is 0 Å². The van der Waals surface area contributed by atoms with Gasteiger partial charge in [0, 0.05) is 17.4 Å². The van der Waals surface area contributed by atoms with Crippen LogP contribution in [-0.2, 0) is 17.8 Å². The third-order valence-corrected chi connectivity index (χ3v) is 5.31. The quantitative estimate of drug-likeness (QED) is 0.742. The van der Waals surface area contributed by atoms with Gasteiger partial charge < -0.3 is 14.6 Å². The lowest BCUT2D eigenvalue weighted by Gasteiger charge is -2.29. The van der Waals surface area contributed by atoms with Crippen molar-refractivity contribution in [2.45, 2.75) is 32.5 Å². The number of carbonyl (C=O) groups excluding carboxylic acids is 2. The van der Waals surface area contributed by atoms with Crippen molar-refractivity contribution in [2.75, 3.05) is 18.0 Å². The van der Waals surface area contributed by atoms with E-state index in [1.165, 1.54) is 0 Å². The average Bonchev–Trinajstić information content (AvgIpc) is 3.34. The molecule has 0 unspecified atom stereocenters. The summed E-state index contributed by atoms with van der Waals surface area (Å²) in [6, 6.07) is 9.70. The van der Waals surface area contributed by atoms with Gasteiger partial charge in [-0.3, -0.25) is 14.4 Å². The molecule has 1 fully saturated rings. The lowest BCUT2D eigenvalue weighted by Crippen LogP contribution is -2.39. The number of para-hydroxylation sites is 1. The van der Waals surface area contributed by atoms with E-state index in [0.717, 1.165) is 16.6 Å². The van der Waals surface area contributed by atoms with E-state index in [9.17, 15) is 9.59 Å². The zero-order valence-corrected chi connectivity index (χ0v) is 15.8. The van der Waals surface area contributed by atoms with E-state index in [2.05, 4.69) is 10.1 Å². The van der Waals surface area contributed by atoms with Gasteiger partial charge in [0.2, 0.25) is 0 Å². The Kier molecular flexibility index (Phi) is 3.52. The number of aromatic nitrogens is 3. The molecule has 1 aromatic carbocycles. The number of cyclic esters (lactones) is 1. The van der Waals surface area contributed by atoms with Crippen molar-refractivity contribution in [3.8, 4) is 0 Å². The lowest BCUT2D eigenvalue weighted by molar-refractivity contribution is 0.0701. The molecule has 2 amide bonds. The van der Waals surface area contributed by atoms with Crippen molar-refractivity contribution in [1.82, 2.24) is 19.7 Å². The number of amides is 2. The van der Waals surface area contributed by atoms with Crippen LogP contribution in [0.1, 0.15) is 30.0 Å². The van der Waals surface area contributed by atoms with E-state index in [-0.39, 0.29) is 12.0 Å². The fourth-order valence-electron chi connectivity index (χ4n) is 3.94. The summed E-state index contributed by atoms with van der Waals surface area (Å²) in [5.74, 6) is -0.0565. The molecule has 1 N–H and O–H groups in total. The fourth-order valence-corrected chi connectivity index (χ4v) is 3.94. The first-order valence-electron chi connectivity index (χ1n) is 9.33. The van der Waals surface area contributed by atoms with Crippen molar-refractivity contribution in [2.24, 2.45) is 0 Å². The number of hydrogen-bond acceptors (Lipinski definition) is 4. The van der Waals surface area contributed by atoms with E-state index in [4.69, 9.17) is 4.74 Å². The summed E-state index contributed by atoms with van der Waals surface area (Å²) in [6.45, 7) is 5.78. The van der Waals surface area contributed by atoms with Gasteiger partial charge in [0.25, 0.3) is 5.91 Å². The molecule has 4 heterocycles. The molecule has 2 aromatic heterocycles. The van der Waals surface area contributed by atoms with E-state index in [0.29, 0.717) is 37.6 Å². The molecule has 0 atom stereocenters. The summed E-state index contributed by atoms with van der Waals surface area (Å²) < 4.78 is 7.28. The number of fused-ring (bicyclic) bond motifs is 2. The highest BCUT2D eigenvalue weighted by atomic mass is 16.6. The molecule has 8 nitrogen and oxygen atoms in total. The zero-order valence-electron chi connectivity index (χ0n) is 15.8. The fraction of sp³-hybridized carbons (Fsp3) is 0.350. The monoisotopic (exact) mass is 379 g/mol. The number of nitrogens with one attached hydrogen (secondary N) is 1. The molecule has 2 aliphatic rings. The maximum atomic E-state index is 13.1. The highest BCUT2D eigenvalue weighted by Gasteiger charge is 2.40. The highest BCUT2D eigenvalue weighted by molar-refractivity contribution is 5.98. The molecule has 0 aliphatic carbocycles. The van der Waals surface area contributed by atoms with Crippen LogP contribution < -0.4 is 4.90 Å². The molecule has 0 spiro atoms. The van der Waals surface area contributed by atoms with Gasteiger partial charge in [-0.15, -0.1) is 0 Å². The Morgan fingerprint density at radius 1 is 1.25 bits per heavy atom. The van der Waals surface area contributed by atoms with Gasteiger partial charge in [-0.25, -0.2) is 4.79 Å². The summed E-state index contributed by atoms with van der Waals surface area (Å²) in [5.41, 5.74) is 2.53. The molecule has 8 heteroatoms. The van der Waals surface area contributed by atoms with Gasteiger partial charge >= 0.3 is 6.09 Å². The molecule has 5 rings (SSSR count). The normalized spacial score (nSPS) is 18.4. The van der Waals surface area contributed by atoms with Crippen LogP contribution in [0.4, 0.5) is 10.5 Å². The minimum Gasteiger partial charge on any atom is -0.441 e. The summed E-state index contributed by atoms with van der Waals surface area (Å²) >= 11 is 0. The third kappa shape index (κ3) is 2.64. The molecular weight excluding hydrogens is 358 g/mol. The smallest absolute Gasteiger partial charge is 0.415 e. The molecular formula is C20H21N5O3. The summed E-state index contributed by atoms with van der Waals surface area (Å²) in [4.78, 5) is 31.9. The van der Waals surface area contributed by atoms with Crippen LogP contribution in [0.5, 0.6) is 0 Å². The van der Waals surface area contributed by atoms with Crippen LogP contribution in [0.2, 0.25) is 0 Å². The van der Waals surface area contributed by atoms with Crippen LogP contribution in [0.15, 0.2) is 36.5 Å². The molecule has 0 radical (unpaired) electrons. The Morgan fingerprint density at radius 2 is 2.07 bits per heavy atom. The summed E-state index contributed by atoms with van der Waals surface area (Å²) in [5, 5.41) is 5.42. The SMILES string of the molecule is CC1(C)CN(c2cnn3c2CN(C(=O)c2cc4ccccc4[nH]2)CC3)C(=O)O1. The molecule has 144 valence electrons. The molecule has 28 heavy (non-hydrogen) atoms. The van der Waals surface area contributed by atoms with E-state index < -0.39 is 5.60 Å². The third-order valence-electron chi connectivity index (χ3n) is 5.31. The van der Waals surface area contributed by atoms with Crippen molar-refractivity contribution >= 4 is 28.6 Å². The van der Waals surface area contributed by atoms with Crippen LogP contribution in [-0.4, -0.2) is 50.4 Å².